The fourth-order valence-corrected chi connectivity index (χ4v) is 0.747. The summed E-state index contributed by atoms with van der Waals surface area (Å²) in [6.45, 7) is 8.44. The lowest BCUT2D eigenvalue weighted by Crippen LogP contribution is -2.26. The maximum absolute atomic E-state index is 5.46. The molecule has 0 aliphatic rings. The molecule has 0 heterocycles. The number of ether oxygens (including phenoxy) is 1. The van der Waals surface area contributed by atoms with E-state index < -0.39 is 0 Å². The SMILES string of the molecule is CC(=CCl)COCCNC(C)C. The van der Waals surface area contributed by atoms with Crippen LogP contribution in [0.2, 0.25) is 0 Å². The van der Waals surface area contributed by atoms with E-state index in [1.165, 1.54) is 0 Å². The summed E-state index contributed by atoms with van der Waals surface area (Å²) in [7, 11) is 0. The fourth-order valence-electron chi connectivity index (χ4n) is 0.684. The molecule has 0 aromatic rings. The third kappa shape index (κ3) is 8.05. The summed E-state index contributed by atoms with van der Waals surface area (Å²) < 4.78 is 5.32. The molecule has 1 N–H and O–H groups in total. The van der Waals surface area contributed by atoms with Gasteiger partial charge in [0.1, 0.15) is 0 Å². The lowest BCUT2D eigenvalue weighted by molar-refractivity contribution is 0.156. The Morgan fingerprint density at radius 2 is 2.25 bits per heavy atom. The summed E-state index contributed by atoms with van der Waals surface area (Å²) in [4.78, 5) is 0. The van der Waals surface area contributed by atoms with Gasteiger partial charge in [-0.05, 0) is 12.5 Å². The molecule has 0 aliphatic heterocycles. The summed E-state index contributed by atoms with van der Waals surface area (Å²) >= 11 is 5.46. The van der Waals surface area contributed by atoms with Crippen LogP contribution in [0.4, 0.5) is 0 Å². The molecule has 0 atom stereocenters. The molecule has 0 unspecified atom stereocenters. The van der Waals surface area contributed by atoms with Crippen LogP contribution in [0.25, 0.3) is 0 Å². The van der Waals surface area contributed by atoms with E-state index in [-0.39, 0.29) is 0 Å². The van der Waals surface area contributed by atoms with E-state index in [4.69, 9.17) is 16.3 Å². The standard InChI is InChI=1S/C9H18ClNO/c1-8(2)11-4-5-12-7-9(3)6-10/h6,8,11H,4-5,7H2,1-3H3. The number of rotatable bonds is 6. The molecule has 0 aromatic carbocycles. The molecule has 0 amide bonds. The summed E-state index contributed by atoms with van der Waals surface area (Å²) in [5.74, 6) is 0. The van der Waals surface area contributed by atoms with Gasteiger partial charge in [-0.25, -0.2) is 0 Å². The van der Waals surface area contributed by atoms with Gasteiger partial charge >= 0.3 is 0 Å². The van der Waals surface area contributed by atoms with Gasteiger partial charge < -0.3 is 10.1 Å². The summed E-state index contributed by atoms with van der Waals surface area (Å²) in [6.07, 6.45) is 0. The van der Waals surface area contributed by atoms with E-state index in [0.29, 0.717) is 12.6 Å². The molecule has 0 spiro atoms. The molecule has 0 aliphatic carbocycles. The second-order valence-electron chi connectivity index (χ2n) is 3.12. The molecular weight excluding hydrogens is 174 g/mol. The van der Waals surface area contributed by atoms with Gasteiger partial charge in [-0.15, -0.1) is 0 Å². The predicted molar refractivity (Wildman–Crippen MR) is 53.6 cm³/mol. The fraction of sp³-hybridized carbons (Fsp3) is 0.778. The van der Waals surface area contributed by atoms with Crippen LogP contribution < -0.4 is 5.32 Å². The summed E-state index contributed by atoms with van der Waals surface area (Å²) in [5, 5.41) is 3.26. The molecule has 0 saturated carbocycles. The molecule has 72 valence electrons. The van der Waals surface area contributed by atoms with Crippen molar-refractivity contribution in [2.45, 2.75) is 26.8 Å². The van der Waals surface area contributed by atoms with Crippen LogP contribution in [-0.2, 0) is 4.74 Å². The van der Waals surface area contributed by atoms with E-state index in [9.17, 15) is 0 Å². The lowest BCUT2D eigenvalue weighted by atomic mass is 10.4. The molecule has 0 radical (unpaired) electrons. The minimum Gasteiger partial charge on any atom is -0.376 e. The van der Waals surface area contributed by atoms with Gasteiger partial charge in [0.15, 0.2) is 0 Å². The van der Waals surface area contributed by atoms with Crippen molar-refractivity contribution in [2.24, 2.45) is 0 Å². The van der Waals surface area contributed by atoms with E-state index >= 15 is 0 Å². The van der Waals surface area contributed by atoms with Crippen LogP contribution in [0.1, 0.15) is 20.8 Å². The Labute approximate surface area is 79.9 Å². The molecule has 12 heavy (non-hydrogen) atoms. The van der Waals surface area contributed by atoms with Crippen LogP contribution in [0.3, 0.4) is 0 Å². The first-order chi connectivity index (χ1) is 5.66. The van der Waals surface area contributed by atoms with Crippen LogP contribution in [0.15, 0.2) is 11.1 Å². The number of nitrogens with one attached hydrogen (secondary N) is 1. The van der Waals surface area contributed by atoms with Gasteiger partial charge in [0, 0.05) is 18.1 Å². The van der Waals surface area contributed by atoms with E-state index in [2.05, 4.69) is 19.2 Å². The average Bonchev–Trinajstić information content (AvgIpc) is 2.03. The van der Waals surface area contributed by atoms with Crippen molar-refractivity contribution < 1.29 is 4.74 Å². The topological polar surface area (TPSA) is 21.3 Å². The largest absolute Gasteiger partial charge is 0.376 e. The van der Waals surface area contributed by atoms with Crippen LogP contribution in [0.5, 0.6) is 0 Å². The van der Waals surface area contributed by atoms with Crippen molar-refractivity contribution in [3.8, 4) is 0 Å². The van der Waals surface area contributed by atoms with E-state index in [1.807, 2.05) is 6.92 Å². The first kappa shape index (κ1) is 11.9. The Bertz CT molecular complexity index is 134. The Morgan fingerprint density at radius 3 is 2.75 bits per heavy atom. The first-order valence-electron chi connectivity index (χ1n) is 4.23. The summed E-state index contributed by atoms with van der Waals surface area (Å²) in [5.41, 5.74) is 2.61. The smallest absolute Gasteiger partial charge is 0.0686 e. The zero-order chi connectivity index (χ0) is 9.40. The van der Waals surface area contributed by atoms with Gasteiger partial charge in [0.2, 0.25) is 0 Å². The zero-order valence-corrected chi connectivity index (χ0v) is 8.82. The monoisotopic (exact) mass is 191 g/mol. The van der Waals surface area contributed by atoms with Crippen molar-refractivity contribution in [3.05, 3.63) is 11.1 Å². The van der Waals surface area contributed by atoms with E-state index in [1.54, 1.807) is 5.54 Å². The molecule has 0 fully saturated rings. The molecule has 2 nitrogen and oxygen atoms in total. The van der Waals surface area contributed by atoms with Crippen molar-refractivity contribution in [2.75, 3.05) is 19.8 Å². The number of hydrogen-bond acceptors (Lipinski definition) is 2. The Balaban J connectivity index is 3.11. The van der Waals surface area contributed by atoms with Gasteiger partial charge in [-0.1, -0.05) is 25.4 Å². The van der Waals surface area contributed by atoms with Crippen LogP contribution >= 0.6 is 11.6 Å². The Hall–Kier alpha value is -0.0500. The molecule has 0 saturated heterocycles. The highest BCUT2D eigenvalue weighted by molar-refractivity contribution is 6.25. The Morgan fingerprint density at radius 1 is 1.58 bits per heavy atom. The highest BCUT2D eigenvalue weighted by Gasteiger charge is 1.92. The van der Waals surface area contributed by atoms with Crippen molar-refractivity contribution >= 4 is 11.6 Å². The number of halogens is 1. The maximum atomic E-state index is 5.46. The highest BCUT2D eigenvalue weighted by atomic mass is 35.5. The molecule has 3 heteroatoms. The molecule has 0 aromatic heterocycles. The maximum Gasteiger partial charge on any atom is 0.0686 e. The highest BCUT2D eigenvalue weighted by Crippen LogP contribution is 1.94. The summed E-state index contributed by atoms with van der Waals surface area (Å²) in [6, 6.07) is 0.526. The quantitative estimate of drug-likeness (QED) is 0.650. The van der Waals surface area contributed by atoms with Gasteiger partial charge in [-0.3, -0.25) is 0 Å². The third-order valence-corrected chi connectivity index (χ3v) is 1.69. The van der Waals surface area contributed by atoms with Crippen molar-refractivity contribution in [1.29, 1.82) is 0 Å². The van der Waals surface area contributed by atoms with Crippen LogP contribution in [-0.4, -0.2) is 25.8 Å². The lowest BCUT2D eigenvalue weighted by Gasteiger charge is -2.08. The second kappa shape index (κ2) is 7.59. The third-order valence-electron chi connectivity index (χ3n) is 1.31. The Kier molecular flexibility index (Phi) is 7.56. The van der Waals surface area contributed by atoms with Gasteiger partial charge in [0.05, 0.1) is 13.2 Å². The normalized spacial score (nSPS) is 12.6. The molecule has 0 rings (SSSR count). The van der Waals surface area contributed by atoms with Gasteiger partial charge in [-0.2, -0.15) is 0 Å². The second-order valence-corrected chi connectivity index (χ2v) is 3.34. The van der Waals surface area contributed by atoms with Crippen molar-refractivity contribution in [3.63, 3.8) is 0 Å². The first-order valence-corrected chi connectivity index (χ1v) is 4.67. The minimum absolute atomic E-state index is 0.526. The average molecular weight is 192 g/mol. The molecule has 0 bridgehead atoms. The number of hydrogen-bond donors (Lipinski definition) is 1. The molecular formula is C9H18ClNO. The predicted octanol–water partition coefficient (Wildman–Crippen LogP) is 2.14. The van der Waals surface area contributed by atoms with Crippen molar-refractivity contribution in [1.82, 2.24) is 5.32 Å². The van der Waals surface area contributed by atoms with Crippen LogP contribution in [0, 0.1) is 0 Å². The minimum atomic E-state index is 0.526. The van der Waals surface area contributed by atoms with E-state index in [0.717, 1.165) is 18.7 Å². The van der Waals surface area contributed by atoms with Gasteiger partial charge in [0.25, 0.3) is 0 Å². The zero-order valence-electron chi connectivity index (χ0n) is 8.06.